The van der Waals surface area contributed by atoms with E-state index in [-0.39, 0.29) is 23.7 Å². The minimum absolute atomic E-state index is 0.0436. The highest BCUT2D eigenvalue weighted by Crippen LogP contribution is 2.28. The standard InChI is InChI=1S/C18H21N3O3S/c19-10-14-16(12-6-2-1-3-7-12)20-18(21-17(14)23)25-11-15(22)24-13-8-4-5-9-13/h1-3,6-7,13-14,16,18,20H,4-5,8-9,11H2,(H,21,23). The second kappa shape index (κ2) is 8.37. The lowest BCUT2D eigenvalue weighted by molar-refractivity contribution is -0.145. The molecule has 1 aromatic rings. The van der Waals surface area contributed by atoms with E-state index < -0.39 is 17.5 Å². The van der Waals surface area contributed by atoms with Crippen molar-refractivity contribution in [2.45, 2.75) is 43.3 Å². The number of nitriles is 1. The smallest absolute Gasteiger partial charge is 0.316 e. The van der Waals surface area contributed by atoms with Crippen LogP contribution in [0.3, 0.4) is 0 Å². The third kappa shape index (κ3) is 4.53. The molecule has 1 aromatic carbocycles. The Bertz CT molecular complexity index is 655. The summed E-state index contributed by atoms with van der Waals surface area (Å²) in [5.74, 6) is -1.22. The summed E-state index contributed by atoms with van der Waals surface area (Å²) in [6.45, 7) is 0. The normalized spacial score (nSPS) is 26.7. The van der Waals surface area contributed by atoms with Crippen LogP contribution in [0.15, 0.2) is 30.3 Å². The lowest BCUT2D eigenvalue weighted by Crippen LogP contribution is -2.55. The van der Waals surface area contributed by atoms with Gasteiger partial charge in [0.2, 0.25) is 5.91 Å². The average Bonchev–Trinajstić information content (AvgIpc) is 3.13. The van der Waals surface area contributed by atoms with E-state index in [4.69, 9.17) is 4.74 Å². The Hall–Kier alpha value is -2.04. The molecule has 1 saturated carbocycles. The van der Waals surface area contributed by atoms with Crippen LogP contribution in [0.4, 0.5) is 0 Å². The number of carbonyl (C=O) groups is 2. The van der Waals surface area contributed by atoms with Crippen molar-refractivity contribution in [3.05, 3.63) is 35.9 Å². The number of nitrogens with zero attached hydrogens (tertiary/aromatic N) is 1. The number of esters is 1. The largest absolute Gasteiger partial charge is 0.462 e. The molecule has 25 heavy (non-hydrogen) atoms. The van der Waals surface area contributed by atoms with E-state index in [1.54, 1.807) is 0 Å². The van der Waals surface area contributed by atoms with Crippen LogP contribution in [0.5, 0.6) is 0 Å². The number of carbonyl (C=O) groups excluding carboxylic acids is 2. The molecule has 2 N–H and O–H groups in total. The van der Waals surface area contributed by atoms with Gasteiger partial charge in [0.15, 0.2) is 0 Å². The molecule has 0 bridgehead atoms. The summed E-state index contributed by atoms with van der Waals surface area (Å²) < 4.78 is 5.43. The van der Waals surface area contributed by atoms with E-state index in [0.717, 1.165) is 31.2 Å². The minimum Gasteiger partial charge on any atom is -0.462 e. The molecule has 1 aliphatic carbocycles. The molecule has 2 aliphatic rings. The van der Waals surface area contributed by atoms with Crippen LogP contribution < -0.4 is 10.6 Å². The van der Waals surface area contributed by atoms with Crippen molar-refractivity contribution in [1.29, 1.82) is 5.26 Å². The van der Waals surface area contributed by atoms with Gasteiger partial charge in [0.1, 0.15) is 17.5 Å². The second-order valence-electron chi connectivity index (χ2n) is 6.26. The van der Waals surface area contributed by atoms with Crippen LogP contribution in [-0.4, -0.2) is 29.2 Å². The van der Waals surface area contributed by atoms with Crippen LogP contribution in [0.25, 0.3) is 0 Å². The van der Waals surface area contributed by atoms with Gasteiger partial charge in [-0.25, -0.2) is 0 Å². The number of hydrogen-bond acceptors (Lipinski definition) is 6. The van der Waals surface area contributed by atoms with Crippen LogP contribution in [-0.2, 0) is 14.3 Å². The summed E-state index contributed by atoms with van der Waals surface area (Å²) in [5, 5.41) is 15.3. The Morgan fingerprint density at radius 1 is 1.28 bits per heavy atom. The van der Waals surface area contributed by atoms with Gasteiger partial charge in [-0.1, -0.05) is 30.3 Å². The number of hydrogen-bond donors (Lipinski definition) is 2. The zero-order valence-electron chi connectivity index (χ0n) is 13.8. The molecule has 1 aliphatic heterocycles. The van der Waals surface area contributed by atoms with Crippen molar-refractivity contribution >= 4 is 23.6 Å². The Morgan fingerprint density at radius 2 is 2.00 bits per heavy atom. The molecule has 0 spiro atoms. The summed E-state index contributed by atoms with van der Waals surface area (Å²) in [5.41, 5.74) is 0.446. The third-order valence-corrected chi connectivity index (χ3v) is 5.48. The van der Waals surface area contributed by atoms with Crippen molar-refractivity contribution in [2.24, 2.45) is 5.92 Å². The molecule has 3 unspecified atom stereocenters. The monoisotopic (exact) mass is 359 g/mol. The van der Waals surface area contributed by atoms with Gasteiger partial charge in [-0.15, -0.1) is 11.8 Å². The van der Waals surface area contributed by atoms with E-state index in [2.05, 4.69) is 16.7 Å². The minimum atomic E-state index is -0.801. The van der Waals surface area contributed by atoms with Crippen molar-refractivity contribution in [2.75, 3.05) is 5.75 Å². The highest BCUT2D eigenvalue weighted by molar-refractivity contribution is 8.00. The first-order valence-corrected chi connectivity index (χ1v) is 9.54. The summed E-state index contributed by atoms with van der Waals surface area (Å²) in [6.07, 6.45) is 4.14. The second-order valence-corrected chi connectivity index (χ2v) is 7.35. The number of amides is 1. The quantitative estimate of drug-likeness (QED) is 0.782. The van der Waals surface area contributed by atoms with Gasteiger partial charge >= 0.3 is 5.97 Å². The number of rotatable bonds is 5. The van der Waals surface area contributed by atoms with Crippen LogP contribution >= 0.6 is 11.8 Å². The highest BCUT2D eigenvalue weighted by Gasteiger charge is 2.37. The highest BCUT2D eigenvalue weighted by atomic mass is 32.2. The lowest BCUT2D eigenvalue weighted by Gasteiger charge is -2.34. The molecule has 1 saturated heterocycles. The first kappa shape index (κ1) is 17.8. The van der Waals surface area contributed by atoms with E-state index in [9.17, 15) is 14.9 Å². The van der Waals surface area contributed by atoms with Crippen LogP contribution in [0, 0.1) is 17.2 Å². The summed E-state index contributed by atoms with van der Waals surface area (Å²) in [6, 6.07) is 11.1. The van der Waals surface area contributed by atoms with E-state index in [1.165, 1.54) is 11.8 Å². The molecule has 7 heteroatoms. The van der Waals surface area contributed by atoms with Crippen LogP contribution in [0.2, 0.25) is 0 Å². The predicted octanol–water partition coefficient (Wildman–Crippen LogP) is 2.09. The lowest BCUT2D eigenvalue weighted by atomic mass is 9.92. The molecule has 0 aromatic heterocycles. The first-order chi connectivity index (χ1) is 12.2. The average molecular weight is 359 g/mol. The maximum Gasteiger partial charge on any atom is 0.316 e. The summed E-state index contributed by atoms with van der Waals surface area (Å²) in [7, 11) is 0. The molecule has 6 nitrogen and oxygen atoms in total. The van der Waals surface area contributed by atoms with Gasteiger partial charge in [0, 0.05) is 0 Å². The SMILES string of the molecule is N#CC1C(=O)NC(SCC(=O)OC2CCCC2)NC1c1ccccc1. The Balaban J connectivity index is 1.58. The fraction of sp³-hybridized carbons (Fsp3) is 0.500. The molecule has 3 atom stereocenters. The molecule has 3 rings (SSSR count). The zero-order chi connectivity index (χ0) is 17.6. The number of ether oxygens (including phenoxy) is 1. The Morgan fingerprint density at radius 3 is 2.68 bits per heavy atom. The van der Waals surface area contributed by atoms with Crippen molar-refractivity contribution in [3.8, 4) is 6.07 Å². The van der Waals surface area contributed by atoms with Gasteiger partial charge < -0.3 is 10.1 Å². The molecule has 2 fully saturated rings. The van der Waals surface area contributed by atoms with Crippen molar-refractivity contribution in [3.63, 3.8) is 0 Å². The predicted molar refractivity (Wildman–Crippen MR) is 94.2 cm³/mol. The van der Waals surface area contributed by atoms with Gasteiger partial charge in [-0.2, -0.15) is 5.26 Å². The Kier molecular flexibility index (Phi) is 5.95. The van der Waals surface area contributed by atoms with Gasteiger partial charge in [0.05, 0.1) is 17.9 Å². The summed E-state index contributed by atoms with van der Waals surface area (Å²) >= 11 is 1.28. The maximum absolute atomic E-state index is 12.2. The molecule has 132 valence electrons. The molecular weight excluding hydrogens is 338 g/mol. The van der Waals surface area contributed by atoms with E-state index in [1.807, 2.05) is 30.3 Å². The van der Waals surface area contributed by atoms with Gasteiger partial charge in [-0.3, -0.25) is 14.9 Å². The zero-order valence-corrected chi connectivity index (χ0v) is 14.6. The topological polar surface area (TPSA) is 91.2 Å². The fourth-order valence-corrected chi connectivity index (χ4v) is 4.03. The molecule has 1 heterocycles. The number of benzene rings is 1. The first-order valence-electron chi connectivity index (χ1n) is 8.49. The molecule has 0 radical (unpaired) electrons. The fourth-order valence-electron chi connectivity index (χ4n) is 3.22. The summed E-state index contributed by atoms with van der Waals surface area (Å²) in [4.78, 5) is 24.2. The number of nitrogens with one attached hydrogen (secondary N) is 2. The van der Waals surface area contributed by atoms with Crippen molar-refractivity contribution in [1.82, 2.24) is 10.6 Å². The van der Waals surface area contributed by atoms with E-state index >= 15 is 0 Å². The number of thioether (sulfide) groups is 1. The van der Waals surface area contributed by atoms with Crippen LogP contribution in [0.1, 0.15) is 37.3 Å². The van der Waals surface area contributed by atoms with Gasteiger partial charge in [0.25, 0.3) is 0 Å². The maximum atomic E-state index is 12.2. The van der Waals surface area contributed by atoms with Gasteiger partial charge in [-0.05, 0) is 31.2 Å². The molecule has 1 amide bonds. The molecular formula is C18H21N3O3S. The third-order valence-electron chi connectivity index (χ3n) is 4.49. The Labute approximate surface area is 151 Å². The van der Waals surface area contributed by atoms with E-state index in [0.29, 0.717) is 0 Å². The van der Waals surface area contributed by atoms with Crippen molar-refractivity contribution < 1.29 is 14.3 Å².